The van der Waals surface area contributed by atoms with Gasteiger partial charge in [0.1, 0.15) is 19.3 Å². The molecule has 0 aliphatic carbocycles. The van der Waals surface area contributed by atoms with Gasteiger partial charge in [0.05, 0.1) is 26.4 Å². The van der Waals surface area contributed by atoms with Gasteiger partial charge in [-0.3, -0.25) is 37.3 Å². The molecule has 0 bridgehead atoms. The van der Waals surface area contributed by atoms with E-state index in [-0.39, 0.29) is 25.7 Å². The molecular weight excluding hydrogens is 1190 g/mol. The number of esters is 4. The van der Waals surface area contributed by atoms with Gasteiger partial charge in [-0.2, -0.15) is 0 Å². The first-order valence-corrected chi connectivity index (χ1v) is 39.9. The van der Waals surface area contributed by atoms with Gasteiger partial charge in [0.2, 0.25) is 0 Å². The second-order valence-corrected chi connectivity index (χ2v) is 29.7. The van der Waals surface area contributed by atoms with Gasteiger partial charge >= 0.3 is 39.5 Å². The van der Waals surface area contributed by atoms with Crippen molar-refractivity contribution in [2.75, 3.05) is 39.6 Å². The number of unbranched alkanes of at least 4 members (excludes halogenated alkanes) is 36. The predicted molar refractivity (Wildman–Crippen MR) is 363 cm³/mol. The Bertz CT molecular complexity index is 1770. The number of aliphatic hydroxyl groups is 1. The number of rotatable bonds is 69. The summed E-state index contributed by atoms with van der Waals surface area (Å²) in [6, 6.07) is 0. The minimum Gasteiger partial charge on any atom is -0.462 e. The van der Waals surface area contributed by atoms with E-state index in [9.17, 15) is 43.2 Å². The van der Waals surface area contributed by atoms with Gasteiger partial charge in [-0.1, -0.05) is 305 Å². The lowest BCUT2D eigenvalue weighted by atomic mass is 9.99. The predicted octanol–water partition coefficient (Wildman–Crippen LogP) is 20.2. The summed E-state index contributed by atoms with van der Waals surface area (Å²) >= 11 is 0. The Labute approximate surface area is 549 Å². The molecule has 0 aromatic rings. The summed E-state index contributed by atoms with van der Waals surface area (Å²) in [7, 11) is -9.90. The molecular formula is C71H138O17P2. The second-order valence-electron chi connectivity index (χ2n) is 26.8. The van der Waals surface area contributed by atoms with Crippen LogP contribution in [0.4, 0.5) is 0 Å². The maximum atomic E-state index is 13.0. The van der Waals surface area contributed by atoms with E-state index in [2.05, 4.69) is 48.5 Å². The van der Waals surface area contributed by atoms with Crippen LogP contribution in [0.1, 0.15) is 357 Å². The van der Waals surface area contributed by atoms with Crippen LogP contribution < -0.4 is 0 Å². The zero-order chi connectivity index (χ0) is 66.6. The lowest BCUT2D eigenvalue weighted by molar-refractivity contribution is -0.161. The molecule has 0 rings (SSSR count). The van der Waals surface area contributed by atoms with Crippen LogP contribution in [-0.2, 0) is 65.4 Å². The zero-order valence-corrected chi connectivity index (χ0v) is 60.4. The topological polar surface area (TPSA) is 237 Å². The van der Waals surface area contributed by atoms with Gasteiger partial charge in [-0.15, -0.1) is 0 Å². The largest absolute Gasteiger partial charge is 0.472 e. The van der Waals surface area contributed by atoms with E-state index in [4.69, 9.17) is 37.0 Å². The van der Waals surface area contributed by atoms with Gasteiger partial charge in [0, 0.05) is 25.7 Å². The van der Waals surface area contributed by atoms with Crippen molar-refractivity contribution in [1.29, 1.82) is 0 Å². The van der Waals surface area contributed by atoms with Crippen molar-refractivity contribution in [3.05, 3.63) is 0 Å². The van der Waals surface area contributed by atoms with E-state index in [0.717, 1.165) is 108 Å². The molecule has 0 aliphatic heterocycles. The average molecular weight is 1330 g/mol. The van der Waals surface area contributed by atoms with E-state index in [1.54, 1.807) is 0 Å². The van der Waals surface area contributed by atoms with E-state index in [0.29, 0.717) is 25.7 Å². The molecule has 17 nitrogen and oxygen atoms in total. The summed E-state index contributed by atoms with van der Waals surface area (Å²) in [4.78, 5) is 72.6. The Morgan fingerprint density at radius 1 is 0.322 bits per heavy atom. The van der Waals surface area contributed by atoms with E-state index in [1.807, 2.05) is 0 Å². The summed E-state index contributed by atoms with van der Waals surface area (Å²) in [6.07, 6.45) is 45.6. The Balaban J connectivity index is 5.27. The van der Waals surface area contributed by atoms with Crippen molar-refractivity contribution in [2.24, 2.45) is 17.8 Å². The molecule has 0 amide bonds. The van der Waals surface area contributed by atoms with Gasteiger partial charge in [0.15, 0.2) is 12.2 Å². The molecule has 3 N–H and O–H groups in total. The zero-order valence-electron chi connectivity index (χ0n) is 58.6. The third-order valence-corrected chi connectivity index (χ3v) is 18.6. The summed E-state index contributed by atoms with van der Waals surface area (Å²) < 4.78 is 68.3. The molecule has 0 radical (unpaired) electrons. The molecule has 3 unspecified atom stereocenters. The van der Waals surface area contributed by atoms with E-state index in [1.165, 1.54) is 167 Å². The Hall–Kier alpha value is -1.94. The third kappa shape index (κ3) is 63.5. The van der Waals surface area contributed by atoms with Crippen molar-refractivity contribution >= 4 is 39.5 Å². The quantitative estimate of drug-likeness (QED) is 0.0222. The molecule has 0 saturated heterocycles. The lowest BCUT2D eigenvalue weighted by Gasteiger charge is -2.21. The van der Waals surface area contributed by atoms with Crippen LogP contribution in [0.25, 0.3) is 0 Å². The fourth-order valence-corrected chi connectivity index (χ4v) is 12.3. The molecule has 90 heavy (non-hydrogen) atoms. The first kappa shape index (κ1) is 88.1. The molecule has 0 aromatic carbocycles. The molecule has 534 valence electrons. The van der Waals surface area contributed by atoms with Crippen molar-refractivity contribution in [3.8, 4) is 0 Å². The lowest BCUT2D eigenvalue weighted by Crippen LogP contribution is -2.30. The van der Waals surface area contributed by atoms with Crippen molar-refractivity contribution in [3.63, 3.8) is 0 Å². The normalized spacial score (nSPS) is 14.5. The molecule has 0 heterocycles. The molecule has 6 atom stereocenters. The standard InChI is InChI=1S/C71H138O17P2/c1-8-10-11-12-13-14-15-18-23-31-38-45-52-68(73)81-59-67(88-71(76)55-48-41-34-27-26-30-37-44-51-64(7)9-2)61-86-90(79,80)84-57-65(72)56-83-89(77,78)85-60-66(58-82-69(74)53-46-39-32-25-20-22-29-36-43-50-63(5)6)87-70(75)54-47-40-33-24-19-16-17-21-28-35-42-49-62(3)4/h62-67,72H,8-61H2,1-7H3,(H,77,78)(H,79,80)/t64?,65-,66-,67-/m1/s1. The summed E-state index contributed by atoms with van der Waals surface area (Å²) in [6.45, 7) is 11.8. The number of aliphatic hydroxyl groups excluding tert-OH is 1. The summed E-state index contributed by atoms with van der Waals surface area (Å²) in [5.41, 5.74) is 0. The van der Waals surface area contributed by atoms with Crippen LogP contribution in [-0.4, -0.2) is 96.7 Å². The van der Waals surface area contributed by atoms with Gasteiger partial charge in [-0.25, -0.2) is 9.13 Å². The molecule has 0 aliphatic rings. The number of phosphoric acid groups is 2. The number of hydrogen-bond donors (Lipinski definition) is 3. The highest BCUT2D eigenvalue weighted by atomic mass is 31.2. The number of hydrogen-bond acceptors (Lipinski definition) is 15. The smallest absolute Gasteiger partial charge is 0.462 e. The van der Waals surface area contributed by atoms with Crippen molar-refractivity contribution in [2.45, 2.75) is 375 Å². The maximum absolute atomic E-state index is 13.0. The third-order valence-electron chi connectivity index (χ3n) is 16.7. The number of ether oxygens (including phenoxy) is 4. The van der Waals surface area contributed by atoms with Crippen LogP contribution >= 0.6 is 15.6 Å². The number of carbonyl (C=O) groups is 4. The highest BCUT2D eigenvalue weighted by Crippen LogP contribution is 2.45. The first-order chi connectivity index (χ1) is 43.3. The summed E-state index contributed by atoms with van der Waals surface area (Å²) in [5, 5.41) is 10.6. The molecule has 0 aromatic heterocycles. The SMILES string of the molecule is CCCCCCCCCCCCCCC(=O)OC[C@H](COP(=O)(O)OC[C@H](O)COP(=O)(O)OC[C@@H](COC(=O)CCCCCCCCCCCC(C)C)OC(=O)CCCCCCCCCCCCCC(C)C)OC(=O)CCCCCCCCCCC(C)CC. The van der Waals surface area contributed by atoms with Crippen LogP contribution in [0.2, 0.25) is 0 Å². The second kappa shape index (κ2) is 61.9. The molecule has 0 saturated carbocycles. The van der Waals surface area contributed by atoms with Crippen LogP contribution in [0.3, 0.4) is 0 Å². The monoisotopic (exact) mass is 1320 g/mol. The van der Waals surface area contributed by atoms with E-state index < -0.39 is 97.5 Å². The minimum atomic E-state index is -4.95. The van der Waals surface area contributed by atoms with Crippen LogP contribution in [0, 0.1) is 17.8 Å². The van der Waals surface area contributed by atoms with Crippen LogP contribution in [0.15, 0.2) is 0 Å². The number of phosphoric ester groups is 2. The van der Waals surface area contributed by atoms with Crippen molar-refractivity contribution < 1.29 is 80.2 Å². The van der Waals surface area contributed by atoms with Gasteiger partial charge < -0.3 is 33.8 Å². The highest BCUT2D eigenvalue weighted by Gasteiger charge is 2.30. The fraction of sp³-hybridized carbons (Fsp3) is 0.944. The van der Waals surface area contributed by atoms with Gasteiger partial charge in [0.25, 0.3) is 0 Å². The maximum Gasteiger partial charge on any atom is 0.472 e. The molecule has 19 heteroatoms. The molecule has 0 fully saturated rings. The average Bonchev–Trinajstić information content (AvgIpc) is 3.70. The fourth-order valence-electron chi connectivity index (χ4n) is 10.7. The van der Waals surface area contributed by atoms with E-state index >= 15 is 0 Å². The van der Waals surface area contributed by atoms with Gasteiger partial charge in [-0.05, 0) is 43.4 Å². The Morgan fingerprint density at radius 2 is 0.567 bits per heavy atom. The number of carbonyl (C=O) groups excluding carboxylic acids is 4. The Morgan fingerprint density at radius 3 is 0.844 bits per heavy atom. The highest BCUT2D eigenvalue weighted by molar-refractivity contribution is 7.47. The Kier molecular flexibility index (Phi) is 60.6. The molecule has 0 spiro atoms. The first-order valence-electron chi connectivity index (χ1n) is 36.9. The van der Waals surface area contributed by atoms with Crippen LogP contribution in [0.5, 0.6) is 0 Å². The van der Waals surface area contributed by atoms with Crippen molar-refractivity contribution in [1.82, 2.24) is 0 Å². The minimum absolute atomic E-state index is 0.105. The summed E-state index contributed by atoms with van der Waals surface area (Å²) in [5.74, 6) is 0.154.